The Morgan fingerprint density at radius 3 is 2.31 bits per heavy atom. The average molecular weight is 557 g/mol. The van der Waals surface area contributed by atoms with Gasteiger partial charge in [-0.25, -0.2) is 9.18 Å². The van der Waals surface area contributed by atoms with Crippen LogP contribution in [-0.2, 0) is 17.6 Å². The highest BCUT2D eigenvalue weighted by Gasteiger charge is 2.28. The third kappa shape index (κ3) is 5.36. The highest BCUT2D eigenvalue weighted by molar-refractivity contribution is 6.40. The van der Waals surface area contributed by atoms with E-state index in [1.54, 1.807) is 18.2 Å². The molecule has 1 heterocycles. The van der Waals surface area contributed by atoms with E-state index < -0.39 is 23.7 Å². The van der Waals surface area contributed by atoms with E-state index in [2.05, 4.69) is 5.32 Å². The van der Waals surface area contributed by atoms with Crippen molar-refractivity contribution in [3.05, 3.63) is 85.1 Å². The van der Waals surface area contributed by atoms with Gasteiger partial charge in [0, 0.05) is 17.5 Å². The summed E-state index contributed by atoms with van der Waals surface area (Å²) in [6.07, 6.45) is 1.32. The molecule has 1 amide bonds. The Morgan fingerprint density at radius 1 is 1.03 bits per heavy atom. The van der Waals surface area contributed by atoms with Gasteiger partial charge in [-0.3, -0.25) is 4.79 Å². The minimum Gasteiger partial charge on any atom is -0.493 e. The number of rotatable bonds is 6. The molecule has 3 aromatic rings. The van der Waals surface area contributed by atoms with Crippen molar-refractivity contribution in [2.45, 2.75) is 25.3 Å². The Bertz CT molecular complexity index is 1290. The second-order valence-electron chi connectivity index (χ2n) is 7.94. The zero-order valence-corrected chi connectivity index (χ0v) is 21.0. The fourth-order valence-corrected chi connectivity index (χ4v) is 5.32. The topological polar surface area (TPSA) is 75.6 Å². The second kappa shape index (κ2) is 10.6. The highest BCUT2D eigenvalue weighted by atomic mass is 35.5. The molecule has 0 radical (unpaired) electrons. The van der Waals surface area contributed by atoms with Crippen LogP contribution in [0, 0.1) is 5.82 Å². The Labute approximate surface area is 220 Å². The number of fused-ring (bicyclic) bond motifs is 1. The van der Waals surface area contributed by atoms with E-state index in [9.17, 15) is 19.1 Å². The van der Waals surface area contributed by atoms with E-state index in [4.69, 9.17) is 51.1 Å². The molecule has 2 N–H and O–H groups in total. The monoisotopic (exact) mass is 555 g/mol. The van der Waals surface area contributed by atoms with Crippen molar-refractivity contribution in [1.29, 1.82) is 0 Å². The number of benzene rings is 3. The number of nitrogens with one attached hydrogen (secondary N) is 1. The van der Waals surface area contributed by atoms with Crippen LogP contribution in [-0.4, -0.2) is 29.6 Å². The molecule has 0 bridgehead atoms. The van der Waals surface area contributed by atoms with Crippen LogP contribution in [0.15, 0.2) is 42.5 Å². The predicted molar refractivity (Wildman–Crippen MR) is 135 cm³/mol. The molecule has 1 aliphatic heterocycles. The SMILES string of the molecule is O=C(NC(Cc1ccc(-c2c(Cl)cc(F)cc2Cl)c2c1CCCO2)C(=O)O)c1c(Cl)cccc1Cl. The van der Waals surface area contributed by atoms with Crippen LogP contribution < -0.4 is 10.1 Å². The van der Waals surface area contributed by atoms with Gasteiger partial charge in [0.15, 0.2) is 0 Å². The normalized spacial score (nSPS) is 13.5. The van der Waals surface area contributed by atoms with Crippen LogP contribution in [0.25, 0.3) is 11.1 Å². The van der Waals surface area contributed by atoms with E-state index in [1.807, 2.05) is 0 Å². The summed E-state index contributed by atoms with van der Waals surface area (Å²) < 4.78 is 19.6. The first-order valence-corrected chi connectivity index (χ1v) is 12.1. The highest BCUT2D eigenvalue weighted by Crippen LogP contribution is 2.44. The molecule has 0 saturated carbocycles. The molecular weight excluding hydrogens is 539 g/mol. The van der Waals surface area contributed by atoms with Gasteiger partial charge in [-0.05, 0) is 48.2 Å². The molecule has 5 nitrogen and oxygen atoms in total. The molecule has 0 aromatic heterocycles. The van der Waals surface area contributed by atoms with Gasteiger partial charge in [-0.2, -0.15) is 0 Å². The van der Waals surface area contributed by atoms with Gasteiger partial charge in [0.05, 0.1) is 32.3 Å². The third-order valence-electron chi connectivity index (χ3n) is 5.67. The Balaban J connectivity index is 1.69. The molecule has 1 atom stereocenters. The fourth-order valence-electron chi connectivity index (χ4n) is 4.08. The van der Waals surface area contributed by atoms with E-state index in [1.165, 1.54) is 24.3 Å². The van der Waals surface area contributed by atoms with Crippen LogP contribution in [0.1, 0.15) is 27.9 Å². The first-order chi connectivity index (χ1) is 16.7. The van der Waals surface area contributed by atoms with Crippen LogP contribution in [0.4, 0.5) is 4.39 Å². The third-order valence-corrected chi connectivity index (χ3v) is 6.89. The lowest BCUT2D eigenvalue weighted by Gasteiger charge is -2.25. The maximum absolute atomic E-state index is 13.7. The van der Waals surface area contributed by atoms with Crippen molar-refractivity contribution in [3.8, 4) is 16.9 Å². The first kappa shape index (κ1) is 25.6. The molecule has 0 fully saturated rings. The molecule has 35 heavy (non-hydrogen) atoms. The van der Waals surface area contributed by atoms with E-state index in [0.29, 0.717) is 41.9 Å². The molecule has 4 rings (SSSR count). The summed E-state index contributed by atoms with van der Waals surface area (Å²) in [5.74, 6) is -1.97. The van der Waals surface area contributed by atoms with Gasteiger partial charge in [-0.15, -0.1) is 0 Å². The number of hydrogen-bond acceptors (Lipinski definition) is 3. The molecule has 0 spiro atoms. The van der Waals surface area contributed by atoms with Gasteiger partial charge < -0.3 is 15.2 Å². The predicted octanol–water partition coefficient (Wildman–Crippen LogP) is 6.86. The number of carbonyl (C=O) groups excluding carboxylic acids is 1. The van der Waals surface area contributed by atoms with Gasteiger partial charge in [0.2, 0.25) is 0 Å². The van der Waals surface area contributed by atoms with Gasteiger partial charge in [-0.1, -0.05) is 64.6 Å². The van der Waals surface area contributed by atoms with Gasteiger partial charge >= 0.3 is 5.97 Å². The standard InChI is InChI=1S/C25H18Cl4FNO4/c26-16-4-1-5-17(27)22(16)24(32)31-20(25(33)34)9-12-6-7-15(23-14(12)3-2-8-35-23)21-18(28)10-13(30)11-19(21)29/h1,4-7,10-11,20H,2-3,8-9H2,(H,31,32)(H,33,34). The zero-order chi connectivity index (χ0) is 25.3. The lowest BCUT2D eigenvalue weighted by atomic mass is 9.90. The van der Waals surface area contributed by atoms with Gasteiger partial charge in [0.1, 0.15) is 17.6 Å². The number of ether oxygens (including phenoxy) is 1. The smallest absolute Gasteiger partial charge is 0.326 e. The quantitative estimate of drug-likeness (QED) is 0.348. The average Bonchev–Trinajstić information content (AvgIpc) is 2.79. The maximum Gasteiger partial charge on any atom is 0.326 e. The van der Waals surface area contributed by atoms with Gasteiger partial charge in [0.25, 0.3) is 5.91 Å². The summed E-state index contributed by atoms with van der Waals surface area (Å²) in [6, 6.07) is 9.10. The van der Waals surface area contributed by atoms with Crippen LogP contribution in [0.5, 0.6) is 5.75 Å². The molecule has 0 aliphatic carbocycles. The van der Waals surface area contributed by atoms with Crippen LogP contribution >= 0.6 is 46.4 Å². The Hall–Kier alpha value is -2.51. The zero-order valence-electron chi connectivity index (χ0n) is 18.0. The molecule has 10 heteroatoms. The molecule has 182 valence electrons. The number of aliphatic carboxylic acids is 1. The maximum atomic E-state index is 13.7. The largest absolute Gasteiger partial charge is 0.493 e. The van der Waals surface area contributed by atoms with Crippen molar-refractivity contribution in [3.63, 3.8) is 0 Å². The first-order valence-electron chi connectivity index (χ1n) is 10.6. The number of carbonyl (C=O) groups is 2. The number of carboxylic acid groups (broad SMARTS) is 1. The van der Waals surface area contributed by atoms with Crippen LogP contribution in [0.2, 0.25) is 20.1 Å². The number of amides is 1. The molecule has 1 unspecified atom stereocenters. The lowest BCUT2D eigenvalue weighted by Crippen LogP contribution is -2.42. The van der Waals surface area contributed by atoms with Crippen molar-refractivity contribution in [2.75, 3.05) is 6.61 Å². The van der Waals surface area contributed by atoms with Crippen molar-refractivity contribution >= 4 is 58.3 Å². The minimum absolute atomic E-state index is 0.00314. The number of hydrogen-bond donors (Lipinski definition) is 2. The minimum atomic E-state index is -1.26. The summed E-state index contributed by atoms with van der Waals surface area (Å²) >= 11 is 24.8. The second-order valence-corrected chi connectivity index (χ2v) is 9.57. The Morgan fingerprint density at radius 2 is 1.69 bits per heavy atom. The molecule has 3 aromatic carbocycles. The van der Waals surface area contributed by atoms with E-state index >= 15 is 0 Å². The molecular formula is C25H18Cl4FNO4. The van der Waals surface area contributed by atoms with E-state index in [-0.39, 0.29) is 32.1 Å². The fraction of sp³-hybridized carbons (Fsp3) is 0.200. The Kier molecular flexibility index (Phi) is 7.77. The molecule has 0 saturated heterocycles. The number of carboxylic acids is 1. The molecule has 1 aliphatic rings. The summed E-state index contributed by atoms with van der Waals surface area (Å²) in [6.45, 7) is 0.448. The summed E-state index contributed by atoms with van der Waals surface area (Å²) in [5.41, 5.74) is 2.47. The van der Waals surface area contributed by atoms with E-state index in [0.717, 1.165) is 5.56 Å². The summed E-state index contributed by atoms with van der Waals surface area (Å²) in [4.78, 5) is 24.8. The van der Waals surface area contributed by atoms with Crippen molar-refractivity contribution in [1.82, 2.24) is 5.32 Å². The number of halogens is 5. The van der Waals surface area contributed by atoms with Crippen molar-refractivity contribution in [2.24, 2.45) is 0 Å². The van der Waals surface area contributed by atoms with Crippen LogP contribution in [0.3, 0.4) is 0 Å². The summed E-state index contributed by atoms with van der Waals surface area (Å²) in [7, 11) is 0. The van der Waals surface area contributed by atoms with Crippen molar-refractivity contribution < 1.29 is 23.8 Å². The summed E-state index contributed by atoms with van der Waals surface area (Å²) in [5, 5.41) is 12.8. The lowest BCUT2D eigenvalue weighted by molar-refractivity contribution is -0.139.